The van der Waals surface area contributed by atoms with E-state index in [2.05, 4.69) is 20.5 Å². The highest BCUT2D eigenvalue weighted by molar-refractivity contribution is 6.30. The molecule has 2 aromatic heterocycles. The van der Waals surface area contributed by atoms with Crippen LogP contribution in [0.3, 0.4) is 0 Å². The predicted molar refractivity (Wildman–Crippen MR) is 149 cm³/mol. The molecule has 5 aromatic rings. The number of aromatic nitrogens is 6. The lowest BCUT2D eigenvalue weighted by Gasteiger charge is -2.15. The summed E-state index contributed by atoms with van der Waals surface area (Å²) in [4.78, 5) is 30.4. The van der Waals surface area contributed by atoms with Gasteiger partial charge in [-0.05, 0) is 55.5 Å². The largest absolute Gasteiger partial charge is 0.416 e. The third-order valence-electron chi connectivity index (χ3n) is 6.50. The monoisotopic (exact) mass is 615 g/mol. The van der Waals surface area contributed by atoms with Crippen LogP contribution in [0.15, 0.2) is 77.9 Å². The van der Waals surface area contributed by atoms with Crippen molar-refractivity contribution in [1.29, 1.82) is 0 Å². The minimum atomic E-state index is -4.97. The molecular weight excluding hydrogens is 594 g/mol. The molecule has 1 unspecified atom stereocenters. The number of carbonyl (C=O) groups is 1. The topological polar surface area (TPSA) is 120 Å². The molecule has 0 saturated carbocycles. The first-order valence-corrected chi connectivity index (χ1v) is 13.0. The van der Waals surface area contributed by atoms with Crippen LogP contribution in [0.2, 0.25) is 5.02 Å². The first kappa shape index (κ1) is 29.7. The van der Waals surface area contributed by atoms with Crippen LogP contribution in [0.5, 0.6) is 0 Å². The SMILES string of the molecule is Cc1c(F)cccc1NC(=O)c1ccccc1-n1cnc(Cn2nc(-c3ccc(Cl)cc3)n(CC(O)C(F)(F)F)c2=O)n1. The second-order valence-electron chi connectivity index (χ2n) is 9.43. The van der Waals surface area contributed by atoms with E-state index in [1.807, 2.05) is 0 Å². The van der Waals surface area contributed by atoms with Gasteiger partial charge in [-0.1, -0.05) is 29.8 Å². The molecule has 0 aliphatic rings. The fourth-order valence-electron chi connectivity index (χ4n) is 4.22. The van der Waals surface area contributed by atoms with Gasteiger partial charge in [-0.25, -0.2) is 23.5 Å². The molecular formula is C28H22ClF4N7O3. The van der Waals surface area contributed by atoms with E-state index in [0.29, 0.717) is 26.5 Å². The summed E-state index contributed by atoms with van der Waals surface area (Å²) in [5.74, 6) is -1.08. The summed E-state index contributed by atoms with van der Waals surface area (Å²) in [7, 11) is 0. The number of halogens is 5. The van der Waals surface area contributed by atoms with Gasteiger partial charge in [0, 0.05) is 21.8 Å². The van der Waals surface area contributed by atoms with Crippen LogP contribution in [0.4, 0.5) is 23.2 Å². The summed E-state index contributed by atoms with van der Waals surface area (Å²) in [5, 5.41) is 21.2. The molecule has 1 atom stereocenters. The lowest BCUT2D eigenvalue weighted by molar-refractivity contribution is -0.207. The second-order valence-corrected chi connectivity index (χ2v) is 9.86. The quantitative estimate of drug-likeness (QED) is 0.246. The highest BCUT2D eigenvalue weighted by atomic mass is 35.5. The maximum Gasteiger partial charge on any atom is 0.416 e. The Hall–Kier alpha value is -4.82. The molecule has 222 valence electrons. The average molecular weight is 616 g/mol. The van der Waals surface area contributed by atoms with Crippen molar-refractivity contribution in [1.82, 2.24) is 29.1 Å². The van der Waals surface area contributed by atoms with Gasteiger partial charge in [0.1, 0.15) is 18.7 Å². The number of nitrogens with one attached hydrogen (secondary N) is 1. The molecule has 0 aliphatic heterocycles. The summed E-state index contributed by atoms with van der Waals surface area (Å²) in [6, 6.07) is 16.7. The van der Waals surface area contributed by atoms with Crippen LogP contribution >= 0.6 is 11.6 Å². The highest BCUT2D eigenvalue weighted by Gasteiger charge is 2.39. The van der Waals surface area contributed by atoms with E-state index >= 15 is 0 Å². The van der Waals surface area contributed by atoms with Gasteiger partial charge in [0.15, 0.2) is 17.8 Å². The molecule has 43 heavy (non-hydrogen) atoms. The standard InChI is InChI=1S/C28H22ClF4N7O3/c1-16-20(30)6-4-7-21(16)35-26(42)19-5-2-3-8-22(19)40-15-34-24(36-40)14-39-27(43)38(13-23(41)28(31,32)33)25(37-39)17-9-11-18(29)12-10-17/h2-12,15,23,41H,13-14H2,1H3,(H,35,42). The molecule has 0 saturated heterocycles. The third kappa shape index (κ3) is 6.34. The Balaban J connectivity index is 1.45. The van der Waals surface area contributed by atoms with E-state index < -0.39 is 36.2 Å². The van der Waals surface area contributed by atoms with Crippen LogP contribution in [0.1, 0.15) is 21.7 Å². The van der Waals surface area contributed by atoms with Crippen LogP contribution in [-0.2, 0) is 13.1 Å². The number of aliphatic hydroxyl groups is 1. The molecule has 2 heterocycles. The van der Waals surface area contributed by atoms with Gasteiger partial charge in [-0.2, -0.15) is 13.2 Å². The van der Waals surface area contributed by atoms with Gasteiger partial charge in [0.05, 0.1) is 17.8 Å². The van der Waals surface area contributed by atoms with Crippen molar-refractivity contribution in [3.63, 3.8) is 0 Å². The second kappa shape index (κ2) is 11.8. The van der Waals surface area contributed by atoms with Gasteiger partial charge < -0.3 is 10.4 Å². The Morgan fingerprint density at radius 1 is 1.05 bits per heavy atom. The zero-order chi connectivity index (χ0) is 30.9. The number of anilines is 1. The first-order valence-electron chi connectivity index (χ1n) is 12.7. The van der Waals surface area contributed by atoms with Gasteiger partial charge >= 0.3 is 11.9 Å². The molecule has 0 spiro atoms. The molecule has 0 aliphatic carbocycles. The van der Waals surface area contributed by atoms with Crippen LogP contribution in [0, 0.1) is 12.7 Å². The minimum Gasteiger partial charge on any atom is -0.382 e. The van der Waals surface area contributed by atoms with Crippen molar-refractivity contribution >= 4 is 23.2 Å². The van der Waals surface area contributed by atoms with Crippen molar-refractivity contribution in [2.45, 2.75) is 32.3 Å². The molecule has 2 N–H and O–H groups in total. The van der Waals surface area contributed by atoms with Gasteiger partial charge in [0.25, 0.3) is 5.91 Å². The Morgan fingerprint density at radius 3 is 2.49 bits per heavy atom. The van der Waals surface area contributed by atoms with E-state index in [0.717, 1.165) is 4.68 Å². The number of hydrogen-bond donors (Lipinski definition) is 2. The summed E-state index contributed by atoms with van der Waals surface area (Å²) in [5.41, 5.74) is 0.427. The zero-order valence-corrected chi connectivity index (χ0v) is 23.0. The highest BCUT2D eigenvalue weighted by Crippen LogP contribution is 2.24. The van der Waals surface area contributed by atoms with Gasteiger partial charge in [-0.3, -0.25) is 9.36 Å². The van der Waals surface area contributed by atoms with Crippen molar-refractivity contribution in [3.8, 4) is 17.1 Å². The van der Waals surface area contributed by atoms with Crippen LogP contribution in [-0.4, -0.2) is 52.4 Å². The van der Waals surface area contributed by atoms with Crippen molar-refractivity contribution < 1.29 is 27.5 Å². The van der Waals surface area contributed by atoms with Crippen molar-refractivity contribution in [3.05, 3.63) is 111 Å². The smallest absolute Gasteiger partial charge is 0.382 e. The molecule has 0 radical (unpaired) electrons. The number of carbonyl (C=O) groups excluding carboxylic acids is 1. The van der Waals surface area contributed by atoms with E-state index in [1.165, 1.54) is 60.4 Å². The van der Waals surface area contributed by atoms with E-state index in [-0.39, 0.29) is 29.3 Å². The molecule has 15 heteroatoms. The number of amides is 1. The van der Waals surface area contributed by atoms with Crippen LogP contribution < -0.4 is 11.0 Å². The number of alkyl halides is 3. The number of nitrogens with zero attached hydrogens (tertiary/aromatic N) is 6. The normalized spacial score (nSPS) is 12.3. The molecule has 3 aromatic carbocycles. The maximum atomic E-state index is 14.0. The van der Waals surface area contributed by atoms with Gasteiger partial charge in [0.2, 0.25) is 0 Å². The van der Waals surface area contributed by atoms with Crippen LogP contribution in [0.25, 0.3) is 17.1 Å². The Kier molecular flexibility index (Phi) is 8.15. The number of hydrogen-bond acceptors (Lipinski definition) is 6. The number of rotatable bonds is 8. The van der Waals surface area contributed by atoms with Gasteiger partial charge in [-0.15, -0.1) is 10.2 Å². The lowest BCUT2D eigenvalue weighted by Crippen LogP contribution is -2.37. The first-order chi connectivity index (χ1) is 20.4. The number of benzene rings is 3. The number of para-hydroxylation sites is 1. The van der Waals surface area contributed by atoms with Crippen molar-refractivity contribution in [2.75, 3.05) is 5.32 Å². The van der Waals surface area contributed by atoms with E-state index in [4.69, 9.17) is 11.6 Å². The Bertz CT molecular complexity index is 1850. The fourth-order valence-corrected chi connectivity index (χ4v) is 4.34. The molecule has 5 rings (SSSR count). The average Bonchev–Trinajstić information content (AvgIpc) is 3.56. The predicted octanol–water partition coefficient (Wildman–Crippen LogP) is 4.62. The molecule has 0 bridgehead atoms. The summed E-state index contributed by atoms with van der Waals surface area (Å²) >= 11 is 5.92. The van der Waals surface area contributed by atoms with E-state index in [1.54, 1.807) is 24.3 Å². The Morgan fingerprint density at radius 2 is 1.77 bits per heavy atom. The third-order valence-corrected chi connectivity index (χ3v) is 6.75. The lowest BCUT2D eigenvalue weighted by atomic mass is 10.1. The minimum absolute atomic E-state index is 0.0574. The molecule has 0 fully saturated rings. The maximum absolute atomic E-state index is 14.0. The summed E-state index contributed by atoms with van der Waals surface area (Å²) < 4.78 is 56.3. The summed E-state index contributed by atoms with van der Waals surface area (Å²) in [6.45, 7) is 0.111. The molecule has 1 amide bonds. The molecule has 10 nitrogen and oxygen atoms in total. The van der Waals surface area contributed by atoms with Crippen molar-refractivity contribution in [2.24, 2.45) is 0 Å². The zero-order valence-electron chi connectivity index (χ0n) is 22.3. The fraction of sp³-hybridized carbons (Fsp3) is 0.179. The van der Waals surface area contributed by atoms with E-state index in [9.17, 15) is 32.3 Å². The number of aliphatic hydroxyl groups excluding tert-OH is 1. The Labute approximate surface area is 245 Å². The summed E-state index contributed by atoms with van der Waals surface area (Å²) in [6.07, 6.45) is -6.48.